The molecular formula is C16H21N3O3. The second kappa shape index (κ2) is 7.72. The van der Waals surface area contributed by atoms with Crippen LogP contribution in [0, 0.1) is 0 Å². The summed E-state index contributed by atoms with van der Waals surface area (Å²) in [6, 6.07) is 9.33. The number of benzene rings is 1. The van der Waals surface area contributed by atoms with Crippen LogP contribution in [0.15, 0.2) is 35.1 Å². The van der Waals surface area contributed by atoms with Gasteiger partial charge in [-0.15, -0.1) is 0 Å². The van der Waals surface area contributed by atoms with E-state index in [0.717, 1.165) is 11.3 Å². The predicted molar refractivity (Wildman–Crippen MR) is 84.9 cm³/mol. The molecule has 0 aliphatic heterocycles. The van der Waals surface area contributed by atoms with Crippen LogP contribution in [0.5, 0.6) is 5.75 Å². The molecule has 0 saturated carbocycles. The van der Waals surface area contributed by atoms with E-state index in [0.29, 0.717) is 31.0 Å². The monoisotopic (exact) mass is 303 g/mol. The minimum Gasteiger partial charge on any atom is -0.493 e. The average Bonchev–Trinajstić information content (AvgIpc) is 2.55. The number of methoxy groups -OCH3 is 1. The molecule has 6 heteroatoms. The quantitative estimate of drug-likeness (QED) is 0.836. The van der Waals surface area contributed by atoms with Gasteiger partial charge in [-0.05, 0) is 25.1 Å². The fourth-order valence-electron chi connectivity index (χ4n) is 2.16. The Labute approximate surface area is 129 Å². The molecule has 0 amide bonds. The number of nitrogens with zero attached hydrogens (tertiary/aromatic N) is 2. The molecule has 2 aromatic rings. The number of para-hydroxylation sites is 1. The second-order valence-electron chi connectivity index (χ2n) is 4.71. The first-order chi connectivity index (χ1) is 10.7. The van der Waals surface area contributed by atoms with Gasteiger partial charge in [-0.2, -0.15) is 5.10 Å². The Bertz CT molecular complexity index is 683. The van der Waals surface area contributed by atoms with Gasteiger partial charge in [0.2, 0.25) is 0 Å². The highest BCUT2D eigenvalue weighted by Gasteiger charge is 2.12. The van der Waals surface area contributed by atoms with Crippen molar-refractivity contribution in [3.05, 3.63) is 46.2 Å². The molecule has 0 saturated heterocycles. The van der Waals surface area contributed by atoms with Crippen molar-refractivity contribution >= 4 is 0 Å². The third-order valence-corrected chi connectivity index (χ3v) is 3.24. The molecule has 0 bridgehead atoms. The van der Waals surface area contributed by atoms with Crippen molar-refractivity contribution in [3.8, 4) is 17.0 Å². The van der Waals surface area contributed by atoms with E-state index in [1.165, 1.54) is 4.68 Å². The normalized spacial score (nSPS) is 10.7. The van der Waals surface area contributed by atoms with Crippen molar-refractivity contribution in [3.63, 3.8) is 0 Å². The van der Waals surface area contributed by atoms with Gasteiger partial charge in [-0.25, -0.2) is 4.68 Å². The lowest BCUT2D eigenvalue weighted by molar-refractivity contribution is 0.182. The first kappa shape index (κ1) is 16.2. The third-order valence-electron chi connectivity index (χ3n) is 3.24. The summed E-state index contributed by atoms with van der Waals surface area (Å²) in [4.78, 5) is 12.2. The van der Waals surface area contributed by atoms with Gasteiger partial charge < -0.3 is 15.2 Å². The summed E-state index contributed by atoms with van der Waals surface area (Å²) in [6.07, 6.45) is 0. The maximum absolute atomic E-state index is 12.2. The molecule has 22 heavy (non-hydrogen) atoms. The Morgan fingerprint density at radius 1 is 1.32 bits per heavy atom. The molecule has 0 atom stereocenters. The van der Waals surface area contributed by atoms with Crippen molar-refractivity contribution in [1.82, 2.24) is 9.78 Å². The van der Waals surface area contributed by atoms with Crippen LogP contribution in [0.2, 0.25) is 0 Å². The molecule has 0 radical (unpaired) electrons. The Balaban J connectivity index is 2.53. The zero-order chi connectivity index (χ0) is 15.9. The van der Waals surface area contributed by atoms with Crippen molar-refractivity contribution in [2.24, 2.45) is 5.73 Å². The number of ether oxygens (including phenoxy) is 2. The van der Waals surface area contributed by atoms with Crippen LogP contribution in [0.3, 0.4) is 0 Å². The van der Waals surface area contributed by atoms with E-state index in [9.17, 15) is 4.79 Å². The molecule has 1 heterocycles. The Kier molecular flexibility index (Phi) is 5.68. The average molecular weight is 303 g/mol. The zero-order valence-electron chi connectivity index (χ0n) is 12.9. The SMILES string of the molecule is CCOc1ccccc1-c1cc(CN)c(=O)n(CCOC)n1. The molecule has 6 nitrogen and oxygen atoms in total. The lowest BCUT2D eigenvalue weighted by Crippen LogP contribution is -2.29. The smallest absolute Gasteiger partial charge is 0.271 e. The summed E-state index contributed by atoms with van der Waals surface area (Å²) >= 11 is 0. The van der Waals surface area contributed by atoms with E-state index in [-0.39, 0.29) is 12.1 Å². The summed E-state index contributed by atoms with van der Waals surface area (Å²) in [5.74, 6) is 0.734. The van der Waals surface area contributed by atoms with Gasteiger partial charge >= 0.3 is 0 Å². The van der Waals surface area contributed by atoms with Gasteiger partial charge in [0.15, 0.2) is 0 Å². The van der Waals surface area contributed by atoms with Crippen LogP contribution in [-0.2, 0) is 17.8 Å². The molecule has 1 aromatic carbocycles. The van der Waals surface area contributed by atoms with E-state index < -0.39 is 0 Å². The van der Waals surface area contributed by atoms with Crippen LogP contribution >= 0.6 is 0 Å². The van der Waals surface area contributed by atoms with Gasteiger partial charge in [0.1, 0.15) is 5.75 Å². The predicted octanol–water partition coefficient (Wildman–Crippen LogP) is 1.41. The summed E-state index contributed by atoms with van der Waals surface area (Å²) in [7, 11) is 1.59. The number of hydrogen-bond donors (Lipinski definition) is 1. The molecule has 1 aromatic heterocycles. The number of aromatic nitrogens is 2. The highest BCUT2D eigenvalue weighted by Crippen LogP contribution is 2.28. The van der Waals surface area contributed by atoms with Crippen molar-refractivity contribution in [1.29, 1.82) is 0 Å². The zero-order valence-corrected chi connectivity index (χ0v) is 12.9. The summed E-state index contributed by atoms with van der Waals surface area (Å²) in [5, 5.41) is 4.42. The van der Waals surface area contributed by atoms with E-state index in [1.54, 1.807) is 13.2 Å². The summed E-state index contributed by atoms with van der Waals surface area (Å²) < 4.78 is 12.1. The van der Waals surface area contributed by atoms with Gasteiger partial charge in [-0.1, -0.05) is 12.1 Å². The van der Waals surface area contributed by atoms with E-state index in [2.05, 4.69) is 5.10 Å². The minimum atomic E-state index is -0.183. The van der Waals surface area contributed by atoms with Crippen LogP contribution in [-0.4, -0.2) is 30.1 Å². The highest BCUT2D eigenvalue weighted by atomic mass is 16.5. The van der Waals surface area contributed by atoms with Gasteiger partial charge in [0.25, 0.3) is 5.56 Å². The number of nitrogens with two attached hydrogens (primary N) is 1. The molecule has 2 N–H and O–H groups in total. The fraction of sp³-hybridized carbons (Fsp3) is 0.375. The summed E-state index contributed by atoms with van der Waals surface area (Å²) in [6.45, 7) is 3.44. The standard InChI is InChI=1S/C16H21N3O3/c1-3-22-15-7-5-4-6-13(15)14-10-12(11-17)16(20)19(18-14)8-9-21-2/h4-7,10H,3,8-9,11,17H2,1-2H3. The first-order valence-electron chi connectivity index (χ1n) is 7.23. The molecular weight excluding hydrogens is 282 g/mol. The largest absolute Gasteiger partial charge is 0.493 e. The van der Waals surface area contributed by atoms with Crippen molar-refractivity contribution in [2.75, 3.05) is 20.3 Å². The van der Waals surface area contributed by atoms with Crippen LogP contribution in [0.4, 0.5) is 0 Å². The van der Waals surface area contributed by atoms with Gasteiger partial charge in [-0.3, -0.25) is 4.79 Å². The van der Waals surface area contributed by atoms with Gasteiger partial charge in [0, 0.05) is 24.8 Å². The lowest BCUT2D eigenvalue weighted by Gasteiger charge is -2.12. The minimum absolute atomic E-state index is 0.165. The Hall–Kier alpha value is -2.18. The van der Waals surface area contributed by atoms with E-state index in [4.69, 9.17) is 15.2 Å². The maximum atomic E-state index is 12.2. The second-order valence-corrected chi connectivity index (χ2v) is 4.71. The molecule has 0 unspecified atom stereocenters. The van der Waals surface area contributed by atoms with Gasteiger partial charge in [0.05, 0.1) is 25.5 Å². The molecule has 0 aliphatic carbocycles. The molecule has 2 rings (SSSR count). The topological polar surface area (TPSA) is 79.4 Å². The molecule has 0 aliphatic rings. The number of hydrogen-bond acceptors (Lipinski definition) is 5. The first-order valence-corrected chi connectivity index (χ1v) is 7.23. The Morgan fingerprint density at radius 3 is 2.77 bits per heavy atom. The van der Waals surface area contributed by atoms with Crippen molar-refractivity contribution in [2.45, 2.75) is 20.0 Å². The lowest BCUT2D eigenvalue weighted by atomic mass is 10.1. The van der Waals surface area contributed by atoms with Crippen molar-refractivity contribution < 1.29 is 9.47 Å². The maximum Gasteiger partial charge on any atom is 0.271 e. The molecule has 0 fully saturated rings. The van der Waals surface area contributed by atoms with Crippen LogP contribution < -0.4 is 16.0 Å². The third kappa shape index (κ3) is 3.52. The van der Waals surface area contributed by atoms with Crippen LogP contribution in [0.1, 0.15) is 12.5 Å². The Morgan fingerprint density at radius 2 is 2.09 bits per heavy atom. The summed E-state index contributed by atoms with van der Waals surface area (Å²) in [5.41, 5.74) is 7.53. The van der Waals surface area contributed by atoms with E-state index >= 15 is 0 Å². The molecule has 0 spiro atoms. The van der Waals surface area contributed by atoms with Crippen LogP contribution in [0.25, 0.3) is 11.3 Å². The highest BCUT2D eigenvalue weighted by molar-refractivity contribution is 5.67. The number of rotatable bonds is 7. The molecule has 118 valence electrons. The fourth-order valence-corrected chi connectivity index (χ4v) is 2.16. The van der Waals surface area contributed by atoms with E-state index in [1.807, 2.05) is 31.2 Å².